The van der Waals surface area contributed by atoms with Crippen molar-refractivity contribution < 1.29 is 19.1 Å². The van der Waals surface area contributed by atoms with Crippen LogP contribution >= 0.6 is 0 Å². The maximum atomic E-state index is 10.7. The van der Waals surface area contributed by atoms with Crippen molar-refractivity contribution in [1.29, 1.82) is 0 Å². The van der Waals surface area contributed by atoms with E-state index in [1.807, 2.05) is 32.9 Å². The molecule has 0 spiro atoms. The fourth-order valence-corrected chi connectivity index (χ4v) is 1.57. The number of hydrogen-bond acceptors (Lipinski definition) is 4. The smallest absolute Gasteiger partial charge is 0.399 e. The minimum atomic E-state index is -1.15. The first-order valence-corrected chi connectivity index (χ1v) is 5.42. The van der Waals surface area contributed by atoms with Gasteiger partial charge in [0.2, 0.25) is 0 Å². The van der Waals surface area contributed by atoms with Crippen molar-refractivity contribution in [2.75, 3.05) is 0 Å². The number of carboxylic acid groups (broad SMARTS) is 1. The van der Waals surface area contributed by atoms with Crippen LogP contribution in [0.2, 0.25) is 0 Å². The van der Waals surface area contributed by atoms with E-state index >= 15 is 0 Å². The van der Waals surface area contributed by atoms with Crippen molar-refractivity contribution >= 4 is 5.97 Å². The molecule has 0 aliphatic rings. The molecular formula is C13H13NO4. The van der Waals surface area contributed by atoms with Gasteiger partial charge in [0.15, 0.2) is 5.69 Å². The topological polar surface area (TPSA) is 72.6 Å². The van der Waals surface area contributed by atoms with Crippen LogP contribution in [0.5, 0.6) is 11.8 Å². The zero-order valence-corrected chi connectivity index (χ0v) is 10.4. The van der Waals surface area contributed by atoms with Gasteiger partial charge in [-0.2, -0.15) is 4.98 Å². The van der Waals surface area contributed by atoms with Crippen LogP contribution in [0.1, 0.15) is 27.2 Å². The fourth-order valence-electron chi connectivity index (χ4n) is 1.57. The van der Waals surface area contributed by atoms with Crippen molar-refractivity contribution in [3.63, 3.8) is 0 Å². The molecule has 0 fully saturated rings. The molecule has 1 N–H and O–H groups in total. The SMILES string of the molecule is Cc1ccc(C)c(Oc2nc(C(=O)O)co2)c1C. The Morgan fingerprint density at radius 2 is 1.94 bits per heavy atom. The Labute approximate surface area is 104 Å². The van der Waals surface area contributed by atoms with E-state index in [2.05, 4.69) is 4.98 Å². The molecule has 0 aliphatic carbocycles. The summed E-state index contributed by atoms with van der Waals surface area (Å²) in [5.41, 5.74) is 2.83. The zero-order chi connectivity index (χ0) is 13.3. The highest BCUT2D eigenvalue weighted by Gasteiger charge is 2.14. The zero-order valence-electron chi connectivity index (χ0n) is 10.4. The number of aromatic carboxylic acids is 1. The molecule has 1 aromatic heterocycles. The number of hydrogen-bond donors (Lipinski definition) is 1. The van der Waals surface area contributed by atoms with Gasteiger partial charge in [0.05, 0.1) is 0 Å². The summed E-state index contributed by atoms with van der Waals surface area (Å²) in [7, 11) is 0. The molecule has 0 unspecified atom stereocenters. The van der Waals surface area contributed by atoms with Crippen LogP contribution in [0.4, 0.5) is 0 Å². The molecule has 94 valence electrons. The maximum absolute atomic E-state index is 10.7. The number of rotatable bonds is 3. The highest BCUT2D eigenvalue weighted by atomic mass is 16.6. The van der Waals surface area contributed by atoms with E-state index in [0.29, 0.717) is 5.75 Å². The maximum Gasteiger partial charge on any atom is 0.399 e. The van der Waals surface area contributed by atoms with Gasteiger partial charge in [0.1, 0.15) is 12.0 Å². The molecule has 0 aliphatic heterocycles. The second kappa shape index (κ2) is 4.52. The van der Waals surface area contributed by atoms with Crippen LogP contribution < -0.4 is 4.74 Å². The Morgan fingerprint density at radius 1 is 1.28 bits per heavy atom. The summed E-state index contributed by atoms with van der Waals surface area (Å²) in [6.45, 7) is 5.81. The quantitative estimate of drug-likeness (QED) is 0.902. The molecule has 18 heavy (non-hydrogen) atoms. The van der Waals surface area contributed by atoms with Gasteiger partial charge in [-0.1, -0.05) is 12.1 Å². The number of carbonyl (C=O) groups is 1. The molecule has 0 radical (unpaired) electrons. The molecule has 0 bridgehead atoms. The van der Waals surface area contributed by atoms with Crippen LogP contribution in [-0.2, 0) is 0 Å². The summed E-state index contributed by atoms with van der Waals surface area (Å²) >= 11 is 0. The molecule has 0 atom stereocenters. The van der Waals surface area contributed by atoms with E-state index < -0.39 is 5.97 Å². The lowest BCUT2D eigenvalue weighted by atomic mass is 10.1. The average Bonchev–Trinajstić information content (AvgIpc) is 2.78. The Kier molecular flexibility index (Phi) is 3.06. The van der Waals surface area contributed by atoms with Crippen molar-refractivity contribution in [1.82, 2.24) is 4.98 Å². The first-order valence-electron chi connectivity index (χ1n) is 5.42. The van der Waals surface area contributed by atoms with E-state index in [4.69, 9.17) is 14.3 Å². The number of aromatic nitrogens is 1. The number of oxazole rings is 1. The van der Waals surface area contributed by atoms with Gasteiger partial charge in [-0.3, -0.25) is 0 Å². The summed E-state index contributed by atoms with van der Waals surface area (Å²) in [5.74, 6) is -0.500. The molecule has 1 heterocycles. The number of carboxylic acids is 1. The van der Waals surface area contributed by atoms with E-state index in [1.165, 1.54) is 0 Å². The molecule has 1 aromatic carbocycles. The number of nitrogens with zero attached hydrogens (tertiary/aromatic N) is 1. The van der Waals surface area contributed by atoms with Gasteiger partial charge in [-0.15, -0.1) is 0 Å². The Bertz CT molecular complexity index is 601. The Balaban J connectivity index is 2.33. The van der Waals surface area contributed by atoms with Crippen LogP contribution in [-0.4, -0.2) is 16.1 Å². The third-order valence-corrected chi connectivity index (χ3v) is 2.77. The van der Waals surface area contributed by atoms with E-state index in [1.54, 1.807) is 0 Å². The van der Waals surface area contributed by atoms with Crippen molar-refractivity contribution in [3.8, 4) is 11.8 Å². The van der Waals surface area contributed by atoms with Crippen molar-refractivity contribution in [2.24, 2.45) is 0 Å². The van der Waals surface area contributed by atoms with Gasteiger partial charge < -0.3 is 14.3 Å². The molecule has 0 amide bonds. The highest BCUT2D eigenvalue weighted by molar-refractivity contribution is 5.84. The van der Waals surface area contributed by atoms with E-state index in [-0.39, 0.29) is 11.8 Å². The Morgan fingerprint density at radius 3 is 2.56 bits per heavy atom. The largest absolute Gasteiger partial charge is 0.476 e. The van der Waals surface area contributed by atoms with E-state index in [0.717, 1.165) is 23.0 Å². The van der Waals surface area contributed by atoms with Crippen molar-refractivity contribution in [3.05, 3.63) is 40.8 Å². The summed E-state index contributed by atoms with van der Waals surface area (Å²) in [4.78, 5) is 14.4. The summed E-state index contributed by atoms with van der Waals surface area (Å²) < 4.78 is 10.5. The lowest BCUT2D eigenvalue weighted by Gasteiger charge is -2.10. The van der Waals surface area contributed by atoms with Crippen LogP contribution in [0.3, 0.4) is 0 Å². The lowest BCUT2D eigenvalue weighted by molar-refractivity contribution is 0.0690. The second-order valence-corrected chi connectivity index (χ2v) is 4.06. The second-order valence-electron chi connectivity index (χ2n) is 4.06. The van der Waals surface area contributed by atoms with Crippen LogP contribution in [0, 0.1) is 20.8 Å². The third-order valence-electron chi connectivity index (χ3n) is 2.77. The van der Waals surface area contributed by atoms with Crippen LogP contribution in [0.15, 0.2) is 22.8 Å². The Hall–Kier alpha value is -2.30. The first-order chi connectivity index (χ1) is 8.49. The molecule has 2 rings (SSSR count). The fraction of sp³-hybridized carbons (Fsp3) is 0.231. The minimum Gasteiger partial charge on any atom is -0.476 e. The monoisotopic (exact) mass is 247 g/mol. The predicted octanol–water partition coefficient (Wildman–Crippen LogP) is 3.09. The van der Waals surface area contributed by atoms with E-state index in [9.17, 15) is 4.79 Å². The van der Waals surface area contributed by atoms with Gasteiger partial charge in [-0.25, -0.2) is 4.79 Å². The van der Waals surface area contributed by atoms with Gasteiger partial charge in [0, 0.05) is 0 Å². The number of aryl methyl sites for hydroxylation is 2. The van der Waals surface area contributed by atoms with Gasteiger partial charge in [0.25, 0.3) is 0 Å². The van der Waals surface area contributed by atoms with Crippen LogP contribution in [0.25, 0.3) is 0 Å². The van der Waals surface area contributed by atoms with Gasteiger partial charge in [-0.05, 0) is 37.5 Å². The predicted molar refractivity (Wildman–Crippen MR) is 64.2 cm³/mol. The average molecular weight is 247 g/mol. The van der Waals surface area contributed by atoms with Gasteiger partial charge >= 0.3 is 12.0 Å². The molecular weight excluding hydrogens is 234 g/mol. The molecule has 5 heteroatoms. The summed E-state index contributed by atoms with van der Waals surface area (Å²) in [6.07, 6.45) is 0.988. The molecule has 2 aromatic rings. The summed E-state index contributed by atoms with van der Waals surface area (Å²) in [6, 6.07) is 3.93. The normalized spacial score (nSPS) is 10.4. The third kappa shape index (κ3) is 2.20. The molecule has 0 saturated carbocycles. The highest BCUT2D eigenvalue weighted by Crippen LogP contribution is 2.30. The number of ether oxygens (including phenoxy) is 1. The number of benzene rings is 1. The molecule has 5 nitrogen and oxygen atoms in total. The lowest BCUT2D eigenvalue weighted by Crippen LogP contribution is -1.97. The van der Waals surface area contributed by atoms with Crippen molar-refractivity contribution in [2.45, 2.75) is 20.8 Å². The standard InChI is InChI=1S/C13H13NO4/c1-7-4-5-8(2)11(9(7)3)18-13-14-10(6-17-13)12(15)16/h4-6H,1-3H3,(H,15,16). The first kappa shape index (κ1) is 12.2. The minimum absolute atomic E-state index is 0.0656. The summed E-state index contributed by atoms with van der Waals surface area (Å²) in [5, 5.41) is 8.74. The molecule has 0 saturated heterocycles.